The molecule has 0 saturated carbocycles. The molecule has 0 atom stereocenters. The molecule has 174 valence electrons. The number of halogens is 1. The van der Waals surface area contributed by atoms with Crippen molar-refractivity contribution in [2.75, 3.05) is 43.4 Å². The fourth-order valence-corrected chi connectivity index (χ4v) is 4.45. The van der Waals surface area contributed by atoms with E-state index >= 15 is 0 Å². The number of piperazine rings is 1. The minimum absolute atomic E-state index is 0.157. The molecule has 0 amide bonds. The topological polar surface area (TPSA) is 107 Å². The summed E-state index contributed by atoms with van der Waals surface area (Å²) >= 11 is 0. The highest BCUT2D eigenvalue weighted by Crippen LogP contribution is 2.24. The smallest absolute Gasteiger partial charge is 0.225 e. The number of nitrogen functional groups attached to an aromatic ring is 1. The first-order valence-electron chi connectivity index (χ1n) is 11.2. The van der Waals surface area contributed by atoms with Gasteiger partial charge in [-0.2, -0.15) is 14.6 Å². The summed E-state index contributed by atoms with van der Waals surface area (Å²) in [6, 6.07) is 9.00. The van der Waals surface area contributed by atoms with Crippen molar-refractivity contribution in [2.24, 2.45) is 0 Å². The van der Waals surface area contributed by atoms with Gasteiger partial charge in [0, 0.05) is 32.7 Å². The molecule has 1 aliphatic heterocycles. The lowest BCUT2D eigenvalue weighted by molar-refractivity contribution is 0.245. The van der Waals surface area contributed by atoms with E-state index in [-0.39, 0.29) is 11.8 Å². The molecule has 1 fully saturated rings. The summed E-state index contributed by atoms with van der Waals surface area (Å²) < 4.78 is 23.1. The van der Waals surface area contributed by atoms with E-state index in [0.29, 0.717) is 35.1 Å². The van der Waals surface area contributed by atoms with Gasteiger partial charge in [-0.05, 0) is 36.8 Å². The molecule has 10 nitrogen and oxygen atoms in total. The lowest BCUT2D eigenvalue weighted by atomic mass is 10.2. The first-order valence-corrected chi connectivity index (χ1v) is 11.2. The number of aromatic nitrogens is 6. The van der Waals surface area contributed by atoms with Crippen LogP contribution in [0, 0.1) is 12.7 Å². The highest BCUT2D eigenvalue weighted by atomic mass is 19.1. The molecular formula is C23H24FN9O. The molecule has 0 aliphatic carbocycles. The van der Waals surface area contributed by atoms with Crippen LogP contribution in [-0.2, 0) is 6.54 Å². The quantitative estimate of drug-likeness (QED) is 0.426. The Balaban J connectivity index is 1.17. The molecular weight excluding hydrogens is 437 g/mol. The van der Waals surface area contributed by atoms with E-state index in [1.165, 1.54) is 4.52 Å². The number of anilines is 2. The van der Waals surface area contributed by atoms with E-state index in [1.807, 2.05) is 23.7 Å². The predicted molar refractivity (Wildman–Crippen MR) is 126 cm³/mol. The third-order valence-electron chi connectivity index (χ3n) is 6.28. The van der Waals surface area contributed by atoms with Gasteiger partial charge >= 0.3 is 0 Å². The fourth-order valence-electron chi connectivity index (χ4n) is 4.45. The molecule has 5 aromatic rings. The van der Waals surface area contributed by atoms with Crippen LogP contribution in [0.1, 0.15) is 5.56 Å². The Morgan fingerprint density at radius 3 is 2.68 bits per heavy atom. The summed E-state index contributed by atoms with van der Waals surface area (Å²) in [6.07, 6.45) is 3.32. The van der Waals surface area contributed by atoms with Crippen LogP contribution in [-0.4, -0.2) is 67.0 Å². The Morgan fingerprint density at radius 1 is 1.06 bits per heavy atom. The Morgan fingerprint density at radius 2 is 1.91 bits per heavy atom. The number of nitrogens with zero attached hydrogens (tertiary/aromatic N) is 8. The summed E-state index contributed by atoms with van der Waals surface area (Å²) in [4.78, 5) is 13.6. The van der Waals surface area contributed by atoms with Crippen LogP contribution in [0.4, 0.5) is 16.0 Å². The van der Waals surface area contributed by atoms with Crippen molar-refractivity contribution in [3.05, 3.63) is 54.2 Å². The van der Waals surface area contributed by atoms with Gasteiger partial charge in [0.15, 0.2) is 17.1 Å². The van der Waals surface area contributed by atoms with Crippen LogP contribution < -0.4 is 10.6 Å². The number of hydrogen-bond donors (Lipinski definition) is 1. The zero-order chi connectivity index (χ0) is 23.2. The second-order valence-corrected chi connectivity index (χ2v) is 8.51. The second kappa shape index (κ2) is 8.10. The van der Waals surface area contributed by atoms with Gasteiger partial charge in [0.25, 0.3) is 0 Å². The molecule has 1 saturated heterocycles. The number of furan rings is 1. The lowest BCUT2D eigenvalue weighted by Gasteiger charge is -2.36. The van der Waals surface area contributed by atoms with E-state index in [2.05, 4.69) is 30.0 Å². The molecule has 34 heavy (non-hydrogen) atoms. The molecule has 4 aromatic heterocycles. The lowest BCUT2D eigenvalue weighted by Crippen LogP contribution is -2.47. The molecule has 6 rings (SSSR count). The summed E-state index contributed by atoms with van der Waals surface area (Å²) in [5.41, 5.74) is 9.05. The van der Waals surface area contributed by atoms with Crippen molar-refractivity contribution in [1.82, 2.24) is 34.3 Å². The van der Waals surface area contributed by atoms with E-state index in [0.717, 1.165) is 43.7 Å². The largest absolute Gasteiger partial charge is 0.461 e. The number of fused-ring (bicyclic) bond motifs is 3. The molecule has 0 unspecified atom stereocenters. The third kappa shape index (κ3) is 3.54. The maximum Gasteiger partial charge on any atom is 0.225 e. The zero-order valence-electron chi connectivity index (χ0n) is 18.7. The highest BCUT2D eigenvalue weighted by molar-refractivity contribution is 5.90. The maximum absolute atomic E-state index is 14.3. The van der Waals surface area contributed by atoms with Gasteiger partial charge in [-0.25, -0.2) is 14.1 Å². The van der Waals surface area contributed by atoms with Crippen molar-refractivity contribution < 1.29 is 8.81 Å². The van der Waals surface area contributed by atoms with Crippen molar-refractivity contribution in [3.8, 4) is 11.6 Å². The summed E-state index contributed by atoms with van der Waals surface area (Å²) in [5, 5.41) is 9.73. The normalized spacial score (nSPS) is 15.1. The fraction of sp³-hybridized carbons (Fsp3) is 0.304. The van der Waals surface area contributed by atoms with Gasteiger partial charge < -0.3 is 15.1 Å². The third-order valence-corrected chi connectivity index (χ3v) is 6.28. The minimum Gasteiger partial charge on any atom is -0.461 e. The molecule has 1 aliphatic rings. The average Bonchev–Trinajstić information content (AvgIpc) is 3.58. The van der Waals surface area contributed by atoms with Gasteiger partial charge in [-0.15, -0.1) is 5.10 Å². The van der Waals surface area contributed by atoms with E-state index in [1.54, 1.807) is 30.7 Å². The standard InChI is InChI=1S/C23H24FN9O/c1-15-4-5-18(17(24)13-15)31-9-6-30(7-10-31)8-11-32-21-16(14-26-32)22-27-20(19-3-2-12-34-19)29-33(22)23(25)28-21/h2-5,12-14H,6-11H2,1H3,(H2,25,28). The monoisotopic (exact) mass is 461 g/mol. The van der Waals surface area contributed by atoms with Crippen molar-refractivity contribution in [2.45, 2.75) is 13.5 Å². The highest BCUT2D eigenvalue weighted by Gasteiger charge is 2.21. The number of aryl methyl sites for hydroxylation is 1. The van der Waals surface area contributed by atoms with E-state index in [4.69, 9.17) is 10.2 Å². The van der Waals surface area contributed by atoms with E-state index in [9.17, 15) is 4.39 Å². The first kappa shape index (κ1) is 20.6. The zero-order valence-corrected chi connectivity index (χ0v) is 18.7. The minimum atomic E-state index is -0.157. The Bertz CT molecular complexity index is 1470. The number of benzene rings is 1. The number of rotatable bonds is 5. The number of hydrogen-bond acceptors (Lipinski definition) is 8. The van der Waals surface area contributed by atoms with Gasteiger partial charge in [0.05, 0.1) is 30.1 Å². The molecule has 1 aromatic carbocycles. The molecule has 5 heterocycles. The summed E-state index contributed by atoms with van der Waals surface area (Å²) in [6.45, 7) is 6.62. The molecule has 0 bridgehead atoms. The van der Waals surface area contributed by atoms with Crippen molar-refractivity contribution in [3.63, 3.8) is 0 Å². The Kier molecular flexibility index (Phi) is 4.91. The maximum atomic E-state index is 14.3. The Labute approximate surface area is 194 Å². The van der Waals surface area contributed by atoms with Crippen LogP contribution >= 0.6 is 0 Å². The number of nitrogens with two attached hydrogens (primary N) is 1. The average molecular weight is 462 g/mol. The van der Waals surface area contributed by atoms with E-state index < -0.39 is 0 Å². The van der Waals surface area contributed by atoms with Crippen molar-refractivity contribution >= 4 is 28.3 Å². The van der Waals surface area contributed by atoms with Gasteiger partial charge in [-0.3, -0.25) is 4.90 Å². The molecule has 0 radical (unpaired) electrons. The van der Waals surface area contributed by atoms with Crippen LogP contribution in [0.25, 0.3) is 28.3 Å². The van der Waals surface area contributed by atoms with Crippen LogP contribution in [0.3, 0.4) is 0 Å². The summed E-state index contributed by atoms with van der Waals surface area (Å²) in [7, 11) is 0. The van der Waals surface area contributed by atoms with Gasteiger partial charge in [-0.1, -0.05) is 6.07 Å². The Hall–Kier alpha value is -3.99. The van der Waals surface area contributed by atoms with Crippen LogP contribution in [0.5, 0.6) is 0 Å². The van der Waals surface area contributed by atoms with Crippen LogP contribution in [0.2, 0.25) is 0 Å². The predicted octanol–water partition coefficient (Wildman–Crippen LogP) is 2.59. The molecule has 0 spiro atoms. The second-order valence-electron chi connectivity index (χ2n) is 8.51. The van der Waals surface area contributed by atoms with Crippen LogP contribution in [0.15, 0.2) is 47.2 Å². The SMILES string of the molecule is Cc1ccc(N2CCN(CCn3ncc4c3nc(N)n3nc(-c5ccco5)nc43)CC2)c(F)c1. The molecule has 11 heteroatoms. The van der Waals surface area contributed by atoms with Gasteiger partial charge in [0.1, 0.15) is 5.82 Å². The summed E-state index contributed by atoms with van der Waals surface area (Å²) in [5.74, 6) is 1.09. The van der Waals surface area contributed by atoms with Gasteiger partial charge in [0.2, 0.25) is 11.8 Å². The van der Waals surface area contributed by atoms with Crippen molar-refractivity contribution in [1.29, 1.82) is 0 Å². The first-order chi connectivity index (χ1) is 16.6. The molecule has 2 N–H and O–H groups in total.